The Morgan fingerprint density at radius 2 is 2.00 bits per heavy atom. The fourth-order valence-corrected chi connectivity index (χ4v) is 5.62. The molecule has 8 heteroatoms. The van der Waals surface area contributed by atoms with Crippen molar-refractivity contribution in [3.63, 3.8) is 0 Å². The molecule has 1 aliphatic heterocycles. The molecule has 7 nitrogen and oxygen atoms in total. The van der Waals surface area contributed by atoms with E-state index in [1.807, 2.05) is 30.0 Å². The van der Waals surface area contributed by atoms with E-state index in [4.69, 9.17) is 4.74 Å². The van der Waals surface area contributed by atoms with Gasteiger partial charge in [-0.05, 0) is 57.6 Å². The average molecular weight is 460 g/mol. The van der Waals surface area contributed by atoms with Gasteiger partial charge in [0, 0.05) is 30.0 Å². The molecule has 4 rings (SSSR count). The minimum atomic E-state index is -3.43. The first-order valence-corrected chi connectivity index (χ1v) is 13.2. The Bertz CT molecular complexity index is 1060. The van der Waals surface area contributed by atoms with Gasteiger partial charge in [0.2, 0.25) is 10.0 Å². The molecule has 3 aliphatic rings. The van der Waals surface area contributed by atoms with Crippen molar-refractivity contribution in [3.8, 4) is 17.6 Å². The molecule has 2 amide bonds. The summed E-state index contributed by atoms with van der Waals surface area (Å²) in [7, 11) is -1.80. The number of methoxy groups -OCH3 is 1. The molecule has 2 atom stereocenters. The number of para-hydroxylation sites is 1. The standard InChI is InChI=1S/C24H33N3O4S/c1-5-25-22(28)27-16-24(13-14-24)21(26-32(4,29)30)19(27)15-18-8-6-7-17(20(18)31-3)9-10-23(2)11-12-23/h6-8,19,21,26H,5,11-16H2,1-4H3,(H,25,28). The van der Waals surface area contributed by atoms with Crippen LogP contribution in [0.15, 0.2) is 18.2 Å². The highest BCUT2D eigenvalue weighted by Gasteiger charge is 2.61. The molecule has 0 aromatic heterocycles. The highest BCUT2D eigenvalue weighted by molar-refractivity contribution is 7.88. The van der Waals surface area contributed by atoms with Gasteiger partial charge in [-0.25, -0.2) is 17.9 Å². The van der Waals surface area contributed by atoms with Crippen LogP contribution in [0.2, 0.25) is 0 Å². The molecule has 1 saturated heterocycles. The van der Waals surface area contributed by atoms with Crippen molar-refractivity contribution in [3.05, 3.63) is 29.3 Å². The third-order valence-corrected chi connectivity index (χ3v) is 7.66. The first-order chi connectivity index (χ1) is 15.1. The number of urea groups is 1. The Morgan fingerprint density at radius 3 is 2.56 bits per heavy atom. The number of sulfonamides is 1. The average Bonchev–Trinajstić information content (AvgIpc) is 3.63. The molecular formula is C24H33N3O4S. The fraction of sp³-hybridized carbons (Fsp3) is 0.625. The van der Waals surface area contributed by atoms with Crippen molar-refractivity contribution < 1.29 is 17.9 Å². The maximum Gasteiger partial charge on any atom is 0.317 e. The predicted molar refractivity (Wildman–Crippen MR) is 124 cm³/mol. The first-order valence-electron chi connectivity index (χ1n) is 11.3. The molecule has 0 radical (unpaired) electrons. The predicted octanol–water partition coefficient (Wildman–Crippen LogP) is 2.50. The summed E-state index contributed by atoms with van der Waals surface area (Å²) in [5.41, 5.74) is 1.67. The molecule has 0 bridgehead atoms. The number of likely N-dealkylation sites (tertiary alicyclic amines) is 1. The molecule has 1 heterocycles. The Morgan fingerprint density at radius 1 is 1.28 bits per heavy atom. The summed E-state index contributed by atoms with van der Waals surface area (Å²) in [5, 5.41) is 2.89. The van der Waals surface area contributed by atoms with Crippen molar-refractivity contribution in [1.29, 1.82) is 0 Å². The van der Waals surface area contributed by atoms with Crippen LogP contribution in [0.25, 0.3) is 0 Å². The lowest BCUT2D eigenvalue weighted by molar-refractivity contribution is 0.189. The van der Waals surface area contributed by atoms with Crippen LogP contribution >= 0.6 is 0 Å². The molecule has 2 unspecified atom stereocenters. The molecule has 1 spiro atoms. The molecule has 1 aromatic rings. The summed E-state index contributed by atoms with van der Waals surface area (Å²) in [6, 6.07) is 5.09. The van der Waals surface area contributed by atoms with Crippen LogP contribution in [-0.4, -0.2) is 57.9 Å². The second kappa shape index (κ2) is 8.27. The van der Waals surface area contributed by atoms with E-state index in [2.05, 4.69) is 28.8 Å². The van der Waals surface area contributed by atoms with Gasteiger partial charge >= 0.3 is 6.03 Å². The molecule has 3 fully saturated rings. The lowest BCUT2D eigenvalue weighted by Crippen LogP contribution is -2.51. The summed E-state index contributed by atoms with van der Waals surface area (Å²) < 4.78 is 33.0. The number of nitrogens with one attached hydrogen (secondary N) is 2. The largest absolute Gasteiger partial charge is 0.495 e. The summed E-state index contributed by atoms with van der Waals surface area (Å²) in [5.74, 6) is 7.34. The number of carbonyl (C=O) groups excluding carboxylic acids is 1. The van der Waals surface area contributed by atoms with Gasteiger partial charge in [-0.15, -0.1) is 0 Å². The van der Waals surface area contributed by atoms with Gasteiger partial charge in [-0.1, -0.05) is 24.0 Å². The molecule has 1 aromatic carbocycles. The van der Waals surface area contributed by atoms with Crippen LogP contribution in [0.3, 0.4) is 0 Å². The SMILES string of the molecule is CCNC(=O)N1CC2(CC2)C(NS(C)(=O)=O)C1Cc1cccc(C#CC2(C)CC2)c1OC. The number of nitrogens with zero attached hydrogens (tertiary/aromatic N) is 1. The molecule has 174 valence electrons. The number of amides is 2. The van der Waals surface area contributed by atoms with Crippen molar-refractivity contribution in [2.24, 2.45) is 10.8 Å². The Kier molecular flexibility index (Phi) is 5.93. The highest BCUT2D eigenvalue weighted by atomic mass is 32.2. The van der Waals surface area contributed by atoms with Gasteiger partial charge in [0.25, 0.3) is 0 Å². The number of hydrogen-bond acceptors (Lipinski definition) is 4. The Balaban J connectivity index is 1.68. The topological polar surface area (TPSA) is 87.7 Å². The van der Waals surface area contributed by atoms with E-state index in [-0.39, 0.29) is 28.9 Å². The van der Waals surface area contributed by atoms with Crippen LogP contribution < -0.4 is 14.8 Å². The second-order valence-electron chi connectivity index (χ2n) is 9.77. The summed E-state index contributed by atoms with van der Waals surface area (Å²) in [4.78, 5) is 14.7. The van der Waals surface area contributed by atoms with Crippen LogP contribution in [0.4, 0.5) is 4.79 Å². The van der Waals surface area contributed by atoms with Crippen molar-refractivity contribution in [1.82, 2.24) is 14.9 Å². The van der Waals surface area contributed by atoms with E-state index < -0.39 is 10.0 Å². The van der Waals surface area contributed by atoms with E-state index in [1.54, 1.807) is 7.11 Å². The van der Waals surface area contributed by atoms with Crippen molar-refractivity contribution in [2.45, 2.75) is 58.0 Å². The van der Waals surface area contributed by atoms with Gasteiger partial charge in [0.15, 0.2) is 0 Å². The van der Waals surface area contributed by atoms with Crippen LogP contribution in [0.5, 0.6) is 5.75 Å². The van der Waals surface area contributed by atoms with Gasteiger partial charge in [-0.2, -0.15) is 0 Å². The van der Waals surface area contributed by atoms with Gasteiger partial charge in [0.1, 0.15) is 5.75 Å². The van der Waals surface area contributed by atoms with E-state index in [0.29, 0.717) is 25.3 Å². The normalized spacial score (nSPS) is 24.6. The number of ether oxygens (including phenoxy) is 1. The molecule has 2 aliphatic carbocycles. The lowest BCUT2D eigenvalue weighted by atomic mass is 9.92. The molecule has 2 N–H and O–H groups in total. The van der Waals surface area contributed by atoms with Crippen molar-refractivity contribution in [2.75, 3.05) is 26.5 Å². The zero-order valence-electron chi connectivity index (χ0n) is 19.3. The molecule has 2 saturated carbocycles. The van der Waals surface area contributed by atoms with Crippen LogP contribution in [0.1, 0.15) is 50.7 Å². The number of hydrogen-bond donors (Lipinski definition) is 2. The van der Waals surface area contributed by atoms with E-state index in [9.17, 15) is 13.2 Å². The van der Waals surface area contributed by atoms with Crippen LogP contribution in [-0.2, 0) is 16.4 Å². The maximum absolute atomic E-state index is 12.9. The summed E-state index contributed by atoms with van der Waals surface area (Å²) in [6.45, 7) is 5.12. The molecular weight excluding hydrogens is 426 g/mol. The number of rotatable bonds is 6. The quantitative estimate of drug-likeness (QED) is 0.640. The maximum atomic E-state index is 12.9. The Hall–Kier alpha value is -2.24. The summed E-state index contributed by atoms with van der Waals surface area (Å²) in [6.07, 6.45) is 5.73. The smallest absolute Gasteiger partial charge is 0.317 e. The Labute approximate surface area is 191 Å². The van der Waals surface area contributed by atoms with Crippen LogP contribution in [0, 0.1) is 22.7 Å². The first kappa shape index (κ1) is 22.9. The highest BCUT2D eigenvalue weighted by Crippen LogP contribution is 2.55. The second-order valence-corrected chi connectivity index (χ2v) is 11.6. The zero-order valence-corrected chi connectivity index (χ0v) is 20.1. The van der Waals surface area contributed by atoms with E-state index in [1.165, 1.54) is 6.26 Å². The van der Waals surface area contributed by atoms with E-state index >= 15 is 0 Å². The van der Waals surface area contributed by atoms with Gasteiger partial charge in [-0.3, -0.25) is 0 Å². The zero-order chi connectivity index (χ0) is 23.1. The van der Waals surface area contributed by atoms with Gasteiger partial charge < -0.3 is 15.0 Å². The third kappa shape index (κ3) is 4.74. The summed E-state index contributed by atoms with van der Waals surface area (Å²) >= 11 is 0. The molecule has 32 heavy (non-hydrogen) atoms. The minimum absolute atomic E-state index is 0.102. The van der Waals surface area contributed by atoms with Crippen molar-refractivity contribution >= 4 is 16.1 Å². The monoisotopic (exact) mass is 459 g/mol. The third-order valence-electron chi connectivity index (χ3n) is 6.98. The fourth-order valence-electron chi connectivity index (χ4n) is 4.75. The van der Waals surface area contributed by atoms with E-state index in [0.717, 1.165) is 36.8 Å². The lowest BCUT2D eigenvalue weighted by Gasteiger charge is -2.29. The number of benzene rings is 1. The minimum Gasteiger partial charge on any atom is -0.495 e. The number of carbonyl (C=O) groups is 1. The van der Waals surface area contributed by atoms with Gasteiger partial charge in [0.05, 0.1) is 25.0 Å².